The summed E-state index contributed by atoms with van der Waals surface area (Å²) in [6, 6.07) is 12.3. The first-order valence-corrected chi connectivity index (χ1v) is 10.8. The molecule has 1 atom stereocenters. The largest absolute Gasteiger partial charge is 0.343 e. The lowest BCUT2D eigenvalue weighted by Gasteiger charge is -2.17. The van der Waals surface area contributed by atoms with Crippen LogP contribution in [0.1, 0.15) is 24.8 Å². The van der Waals surface area contributed by atoms with Crippen LogP contribution in [-0.4, -0.2) is 38.7 Å². The van der Waals surface area contributed by atoms with Gasteiger partial charge in [-0.25, -0.2) is 14.3 Å². The highest BCUT2D eigenvalue weighted by molar-refractivity contribution is 5.81. The lowest BCUT2D eigenvalue weighted by Crippen LogP contribution is -2.31. The highest BCUT2D eigenvalue weighted by atomic mass is 19.1. The number of hydrogen-bond donors (Lipinski definition) is 1. The summed E-state index contributed by atoms with van der Waals surface area (Å²) in [5.41, 5.74) is 3.55. The Labute approximate surface area is 179 Å². The van der Waals surface area contributed by atoms with Gasteiger partial charge in [-0.05, 0) is 60.9 Å². The summed E-state index contributed by atoms with van der Waals surface area (Å²) in [4.78, 5) is 26.8. The van der Waals surface area contributed by atoms with Gasteiger partial charge in [-0.2, -0.15) is 5.10 Å². The Hall–Kier alpha value is -3.22. The van der Waals surface area contributed by atoms with Crippen LogP contribution in [0.25, 0.3) is 22.5 Å². The van der Waals surface area contributed by atoms with Gasteiger partial charge in [-0.1, -0.05) is 30.3 Å². The standard InChI is InChI=1S/C24H25FN4O2/c1-15-12-19(17-4-7-20(25)8-5-17)6-9-21(15)22-26-27-24(31)29(22)14-16-10-11-28(13-16)23(30)18-2-3-18/h4-9,12,16,18H,2-3,10-11,13-14H2,1H3,(H,27,31)/t16-/m1/s1. The van der Waals surface area contributed by atoms with Gasteiger partial charge in [0.15, 0.2) is 5.82 Å². The molecule has 2 heterocycles. The molecule has 0 unspecified atom stereocenters. The minimum Gasteiger partial charge on any atom is -0.342 e. The molecule has 3 aromatic rings. The van der Waals surface area contributed by atoms with Crippen LogP contribution in [0.2, 0.25) is 0 Å². The van der Waals surface area contributed by atoms with Crippen LogP contribution in [0.15, 0.2) is 47.3 Å². The number of aromatic nitrogens is 3. The van der Waals surface area contributed by atoms with Crippen LogP contribution < -0.4 is 5.69 Å². The predicted molar refractivity (Wildman–Crippen MR) is 116 cm³/mol. The summed E-state index contributed by atoms with van der Waals surface area (Å²) >= 11 is 0. The molecule has 1 aliphatic carbocycles. The van der Waals surface area contributed by atoms with Crippen molar-refractivity contribution in [1.29, 1.82) is 0 Å². The number of carbonyl (C=O) groups is 1. The van der Waals surface area contributed by atoms with Crippen molar-refractivity contribution in [3.05, 3.63) is 64.3 Å². The third-order valence-electron chi connectivity index (χ3n) is 6.37. The van der Waals surface area contributed by atoms with Crippen LogP contribution >= 0.6 is 0 Å². The first-order chi connectivity index (χ1) is 15.0. The van der Waals surface area contributed by atoms with Gasteiger partial charge >= 0.3 is 5.69 Å². The number of amides is 1. The van der Waals surface area contributed by atoms with E-state index in [2.05, 4.69) is 10.2 Å². The van der Waals surface area contributed by atoms with Crippen molar-refractivity contribution in [2.45, 2.75) is 32.7 Å². The van der Waals surface area contributed by atoms with Crippen molar-refractivity contribution >= 4 is 5.91 Å². The molecule has 6 nitrogen and oxygen atoms in total. The molecule has 1 aliphatic heterocycles. The molecule has 1 aromatic heterocycles. The highest BCUT2D eigenvalue weighted by Crippen LogP contribution is 2.33. The molecule has 7 heteroatoms. The molecule has 1 amide bonds. The summed E-state index contributed by atoms with van der Waals surface area (Å²) in [6.07, 6.45) is 2.93. The SMILES string of the molecule is Cc1cc(-c2ccc(F)cc2)ccc1-c1n[nH]c(=O)n1C[C@@H]1CCN(C(=O)C2CC2)C1. The summed E-state index contributed by atoms with van der Waals surface area (Å²) in [6.45, 7) is 4.00. The third-order valence-corrected chi connectivity index (χ3v) is 6.37. The molecular formula is C24H25FN4O2. The highest BCUT2D eigenvalue weighted by Gasteiger charge is 2.36. The fourth-order valence-electron chi connectivity index (χ4n) is 4.46. The Morgan fingerprint density at radius 1 is 1.13 bits per heavy atom. The number of likely N-dealkylation sites (tertiary alicyclic amines) is 1. The number of hydrogen-bond acceptors (Lipinski definition) is 3. The predicted octanol–water partition coefficient (Wildman–Crippen LogP) is 3.61. The number of nitrogens with zero attached hydrogens (tertiary/aromatic N) is 3. The van der Waals surface area contributed by atoms with Gasteiger partial charge < -0.3 is 4.90 Å². The van der Waals surface area contributed by atoms with E-state index in [0.29, 0.717) is 18.9 Å². The lowest BCUT2D eigenvalue weighted by molar-refractivity contribution is -0.131. The van der Waals surface area contributed by atoms with E-state index in [1.165, 1.54) is 12.1 Å². The maximum atomic E-state index is 13.2. The first-order valence-electron chi connectivity index (χ1n) is 10.8. The molecule has 1 saturated heterocycles. The second kappa shape index (κ2) is 7.80. The van der Waals surface area contributed by atoms with Gasteiger partial charge in [0.2, 0.25) is 5.91 Å². The topological polar surface area (TPSA) is 71.0 Å². The van der Waals surface area contributed by atoms with E-state index in [0.717, 1.165) is 48.1 Å². The zero-order valence-electron chi connectivity index (χ0n) is 17.5. The average molecular weight is 420 g/mol. The van der Waals surface area contributed by atoms with Crippen LogP contribution in [0.4, 0.5) is 4.39 Å². The smallest absolute Gasteiger partial charge is 0.342 e. The van der Waals surface area contributed by atoms with E-state index >= 15 is 0 Å². The number of aryl methyl sites for hydroxylation is 1. The number of halogens is 1. The number of carbonyl (C=O) groups excluding carboxylic acids is 1. The molecule has 2 aromatic carbocycles. The molecule has 31 heavy (non-hydrogen) atoms. The molecule has 2 fully saturated rings. The first kappa shape index (κ1) is 19.7. The van der Waals surface area contributed by atoms with Crippen molar-refractivity contribution in [3.8, 4) is 22.5 Å². The van der Waals surface area contributed by atoms with E-state index < -0.39 is 0 Å². The van der Waals surface area contributed by atoms with Gasteiger partial charge in [-0.3, -0.25) is 9.36 Å². The summed E-state index contributed by atoms with van der Waals surface area (Å²) < 4.78 is 14.9. The second-order valence-corrected chi connectivity index (χ2v) is 8.71. The lowest BCUT2D eigenvalue weighted by atomic mass is 9.99. The van der Waals surface area contributed by atoms with Crippen molar-refractivity contribution in [3.63, 3.8) is 0 Å². The van der Waals surface area contributed by atoms with Gasteiger partial charge in [0.1, 0.15) is 5.82 Å². The van der Waals surface area contributed by atoms with Crippen LogP contribution in [0, 0.1) is 24.6 Å². The maximum Gasteiger partial charge on any atom is 0.343 e. The summed E-state index contributed by atoms with van der Waals surface area (Å²) in [7, 11) is 0. The van der Waals surface area contributed by atoms with Crippen LogP contribution in [-0.2, 0) is 11.3 Å². The fraction of sp³-hybridized carbons (Fsp3) is 0.375. The average Bonchev–Trinajstić information content (AvgIpc) is 3.42. The minimum atomic E-state index is -0.262. The summed E-state index contributed by atoms with van der Waals surface area (Å²) in [5.74, 6) is 1.10. The molecule has 1 saturated carbocycles. The van der Waals surface area contributed by atoms with E-state index in [1.54, 1.807) is 16.7 Å². The quantitative estimate of drug-likeness (QED) is 0.686. The van der Waals surface area contributed by atoms with Gasteiger partial charge in [-0.15, -0.1) is 0 Å². The zero-order valence-corrected chi connectivity index (χ0v) is 17.5. The van der Waals surface area contributed by atoms with Crippen molar-refractivity contribution in [1.82, 2.24) is 19.7 Å². The Balaban J connectivity index is 1.37. The van der Waals surface area contributed by atoms with Gasteiger partial charge in [0, 0.05) is 31.1 Å². The zero-order chi connectivity index (χ0) is 21.5. The van der Waals surface area contributed by atoms with Crippen molar-refractivity contribution in [2.75, 3.05) is 13.1 Å². The normalized spacial score (nSPS) is 18.5. The molecule has 2 aliphatic rings. The van der Waals surface area contributed by atoms with Gasteiger partial charge in [0.25, 0.3) is 0 Å². The number of H-pyrrole nitrogens is 1. The van der Waals surface area contributed by atoms with Crippen molar-refractivity contribution in [2.24, 2.45) is 11.8 Å². The van der Waals surface area contributed by atoms with E-state index in [9.17, 15) is 14.0 Å². The Kier molecular flexibility index (Phi) is 4.96. The van der Waals surface area contributed by atoms with E-state index in [4.69, 9.17) is 0 Å². The van der Waals surface area contributed by atoms with Crippen molar-refractivity contribution < 1.29 is 9.18 Å². The van der Waals surface area contributed by atoms with Gasteiger partial charge in [0.05, 0.1) is 0 Å². The minimum absolute atomic E-state index is 0.230. The molecule has 0 spiro atoms. The van der Waals surface area contributed by atoms with E-state index in [1.807, 2.05) is 30.0 Å². The van der Waals surface area contributed by atoms with Crippen LogP contribution in [0.3, 0.4) is 0 Å². The Morgan fingerprint density at radius 2 is 1.87 bits per heavy atom. The molecule has 5 rings (SSSR count). The maximum absolute atomic E-state index is 13.2. The third kappa shape index (κ3) is 3.92. The monoisotopic (exact) mass is 420 g/mol. The molecule has 160 valence electrons. The molecule has 1 N–H and O–H groups in total. The Morgan fingerprint density at radius 3 is 2.58 bits per heavy atom. The number of benzene rings is 2. The molecule has 0 bridgehead atoms. The number of nitrogens with one attached hydrogen (secondary N) is 1. The van der Waals surface area contributed by atoms with E-state index in [-0.39, 0.29) is 29.2 Å². The van der Waals surface area contributed by atoms with Crippen LogP contribution in [0.5, 0.6) is 0 Å². The fourth-order valence-corrected chi connectivity index (χ4v) is 4.46. The molecule has 0 radical (unpaired) electrons. The summed E-state index contributed by atoms with van der Waals surface area (Å²) in [5, 5.41) is 6.88. The number of rotatable bonds is 5. The second-order valence-electron chi connectivity index (χ2n) is 8.71. The number of aromatic amines is 1. The molecular weight excluding hydrogens is 395 g/mol. The Bertz CT molecular complexity index is 1180.